The highest BCUT2D eigenvalue weighted by Crippen LogP contribution is 2.27. The molecule has 0 saturated carbocycles. The van der Waals surface area contributed by atoms with Gasteiger partial charge in [0, 0.05) is 0 Å². The van der Waals surface area contributed by atoms with Crippen LogP contribution in [0.25, 0.3) is 0 Å². The summed E-state index contributed by atoms with van der Waals surface area (Å²) in [5.41, 5.74) is -8.48. The quantitative estimate of drug-likeness (QED) is 0.339. The molecule has 0 bridgehead atoms. The van der Waals surface area contributed by atoms with Crippen molar-refractivity contribution < 1.29 is 38.7 Å². The number of rotatable bonds is 4. The lowest BCUT2D eigenvalue weighted by Crippen LogP contribution is -2.33. The van der Waals surface area contributed by atoms with Gasteiger partial charge in [-0.25, -0.2) is 4.18 Å². The van der Waals surface area contributed by atoms with Crippen LogP contribution in [0.1, 0.15) is 6.42 Å². The Bertz CT molecular complexity index is 481. The summed E-state index contributed by atoms with van der Waals surface area (Å²) in [6.07, 6.45) is 3.52. The van der Waals surface area contributed by atoms with E-state index in [-0.39, 0.29) is 0 Å². The van der Waals surface area contributed by atoms with Gasteiger partial charge >= 0.3 is 15.6 Å². The van der Waals surface area contributed by atoms with Gasteiger partial charge in [-0.15, -0.1) is 12.3 Å². The second kappa shape index (κ2) is 4.58. The maximum absolute atomic E-state index is 11.8. The second-order valence-electron chi connectivity index (χ2n) is 2.35. The number of halogens is 3. The molecular weight excluding hydrogens is 277 g/mol. The van der Waals surface area contributed by atoms with Gasteiger partial charge in [0.1, 0.15) is 0 Å². The fourth-order valence-electron chi connectivity index (χ4n) is 0.481. The third kappa shape index (κ3) is 3.97. The Morgan fingerprint density at radius 1 is 1.31 bits per heavy atom. The third-order valence-corrected chi connectivity index (χ3v) is 3.24. The molecule has 94 valence electrons. The standard InChI is InChI=1S/C5H5F3O6S2/c1-2-3-4(15(9,10)11)14-16(12,13)5(6,7)8/h1,4H,3H2,(H,9,10,11). The lowest BCUT2D eigenvalue weighted by atomic mass is 10.5. The largest absolute Gasteiger partial charge is 0.523 e. The predicted octanol–water partition coefficient (Wildman–Crippen LogP) is 0.0898. The first-order valence-electron chi connectivity index (χ1n) is 3.31. The molecule has 0 radical (unpaired) electrons. The predicted molar refractivity (Wildman–Crippen MR) is 44.8 cm³/mol. The molecule has 6 nitrogen and oxygen atoms in total. The Hall–Kier alpha value is -0.830. The molecule has 0 amide bonds. The van der Waals surface area contributed by atoms with Gasteiger partial charge in [-0.05, 0) is 0 Å². The van der Waals surface area contributed by atoms with Crippen LogP contribution >= 0.6 is 0 Å². The van der Waals surface area contributed by atoms with Gasteiger partial charge in [-0.3, -0.25) is 4.55 Å². The number of hydrogen-bond acceptors (Lipinski definition) is 5. The summed E-state index contributed by atoms with van der Waals surface area (Å²) in [4.78, 5) is 0. The fraction of sp³-hybridized carbons (Fsp3) is 0.600. The summed E-state index contributed by atoms with van der Waals surface area (Å²) in [5, 5.41) is 0. The smallest absolute Gasteiger partial charge is 0.283 e. The van der Waals surface area contributed by atoms with Crippen LogP contribution in [0.4, 0.5) is 13.2 Å². The zero-order valence-corrected chi connectivity index (χ0v) is 8.93. The normalized spacial score (nSPS) is 15.4. The van der Waals surface area contributed by atoms with E-state index in [4.69, 9.17) is 4.55 Å². The molecule has 0 aliphatic carbocycles. The Morgan fingerprint density at radius 2 is 1.75 bits per heavy atom. The van der Waals surface area contributed by atoms with Crippen molar-refractivity contribution in [3.63, 3.8) is 0 Å². The average molecular weight is 282 g/mol. The first-order valence-corrected chi connectivity index (χ1v) is 6.22. The van der Waals surface area contributed by atoms with Gasteiger partial charge in [0.25, 0.3) is 10.1 Å². The summed E-state index contributed by atoms with van der Waals surface area (Å²) in [6, 6.07) is 0. The maximum atomic E-state index is 11.8. The molecule has 0 rings (SSSR count). The van der Waals surface area contributed by atoms with Crippen LogP contribution in [0.15, 0.2) is 0 Å². The van der Waals surface area contributed by atoms with Crippen molar-refractivity contribution in [3.05, 3.63) is 0 Å². The highest BCUT2D eigenvalue weighted by atomic mass is 32.2. The highest BCUT2D eigenvalue weighted by Gasteiger charge is 2.50. The molecule has 0 aliphatic heterocycles. The topological polar surface area (TPSA) is 97.7 Å². The molecule has 0 fully saturated rings. The molecule has 1 unspecified atom stereocenters. The van der Waals surface area contributed by atoms with E-state index in [9.17, 15) is 30.0 Å². The van der Waals surface area contributed by atoms with Crippen LogP contribution in [0, 0.1) is 12.3 Å². The summed E-state index contributed by atoms with van der Waals surface area (Å²) in [6.45, 7) is 0. The van der Waals surface area contributed by atoms with Crippen LogP contribution < -0.4 is 0 Å². The molecule has 0 aromatic carbocycles. The van der Waals surface area contributed by atoms with Crippen molar-refractivity contribution in [3.8, 4) is 12.3 Å². The van der Waals surface area contributed by atoms with Crippen molar-refractivity contribution >= 4 is 20.2 Å². The minimum atomic E-state index is -6.14. The molecule has 0 aliphatic rings. The molecular formula is C5H5F3O6S2. The van der Waals surface area contributed by atoms with E-state index in [1.165, 1.54) is 0 Å². The van der Waals surface area contributed by atoms with E-state index in [0.29, 0.717) is 0 Å². The maximum Gasteiger partial charge on any atom is 0.523 e. The Balaban J connectivity index is 5.17. The number of alkyl halides is 3. The van der Waals surface area contributed by atoms with Gasteiger partial charge in [0.05, 0.1) is 6.42 Å². The van der Waals surface area contributed by atoms with Crippen LogP contribution in [0.3, 0.4) is 0 Å². The first kappa shape index (κ1) is 15.2. The summed E-state index contributed by atoms with van der Waals surface area (Å²) >= 11 is 0. The van der Waals surface area contributed by atoms with Crippen molar-refractivity contribution in [2.75, 3.05) is 0 Å². The van der Waals surface area contributed by atoms with Crippen LogP contribution in [0.5, 0.6) is 0 Å². The molecule has 0 saturated heterocycles. The number of terminal acetylenes is 1. The first-order chi connectivity index (χ1) is 6.92. The fourth-order valence-corrected chi connectivity index (χ4v) is 1.96. The van der Waals surface area contributed by atoms with Gasteiger partial charge in [-0.1, -0.05) is 0 Å². The van der Waals surface area contributed by atoms with Crippen LogP contribution in [0.2, 0.25) is 0 Å². The summed E-state index contributed by atoms with van der Waals surface area (Å²) in [7, 11) is -11.3. The molecule has 16 heavy (non-hydrogen) atoms. The van der Waals surface area contributed by atoms with Crippen molar-refractivity contribution in [1.29, 1.82) is 0 Å². The minimum absolute atomic E-state index is 1.05. The molecule has 0 spiro atoms. The van der Waals surface area contributed by atoms with E-state index in [0.717, 1.165) is 0 Å². The van der Waals surface area contributed by atoms with Crippen LogP contribution in [-0.2, 0) is 24.4 Å². The monoisotopic (exact) mass is 282 g/mol. The van der Waals surface area contributed by atoms with Crippen molar-refractivity contribution in [2.45, 2.75) is 17.4 Å². The zero-order chi connectivity index (χ0) is 13.2. The highest BCUT2D eigenvalue weighted by molar-refractivity contribution is 7.90. The zero-order valence-electron chi connectivity index (χ0n) is 7.30. The summed E-state index contributed by atoms with van der Waals surface area (Å²) < 4.78 is 88.6. The van der Waals surface area contributed by atoms with Gasteiger partial charge in [0.15, 0.2) is 0 Å². The van der Waals surface area contributed by atoms with E-state index in [1.807, 2.05) is 0 Å². The lowest BCUT2D eigenvalue weighted by molar-refractivity contribution is -0.0551. The molecule has 1 atom stereocenters. The SMILES string of the molecule is C#CCC(OS(=O)(=O)C(F)(F)F)S(=O)(=O)O. The van der Waals surface area contributed by atoms with Crippen molar-refractivity contribution in [1.82, 2.24) is 0 Å². The molecule has 0 aromatic heterocycles. The van der Waals surface area contributed by atoms with Gasteiger partial charge < -0.3 is 0 Å². The Morgan fingerprint density at radius 3 is 2.00 bits per heavy atom. The molecule has 11 heteroatoms. The summed E-state index contributed by atoms with van der Waals surface area (Å²) in [5.74, 6) is 1.55. The molecule has 0 aromatic rings. The molecule has 0 heterocycles. The average Bonchev–Trinajstić information content (AvgIpc) is 1.99. The Labute approximate surface area is 89.3 Å². The second-order valence-corrected chi connectivity index (χ2v) is 5.47. The minimum Gasteiger partial charge on any atom is -0.283 e. The van der Waals surface area contributed by atoms with E-state index in [1.54, 1.807) is 5.92 Å². The van der Waals surface area contributed by atoms with Crippen molar-refractivity contribution in [2.24, 2.45) is 0 Å². The van der Waals surface area contributed by atoms with Gasteiger partial charge in [-0.2, -0.15) is 30.0 Å². The van der Waals surface area contributed by atoms with Crippen LogP contribution in [-0.4, -0.2) is 32.3 Å². The van der Waals surface area contributed by atoms with E-state index in [2.05, 4.69) is 10.6 Å². The molecule has 1 N–H and O–H groups in total. The van der Waals surface area contributed by atoms with E-state index < -0.39 is 37.6 Å². The van der Waals surface area contributed by atoms with E-state index >= 15 is 0 Å². The Kier molecular flexibility index (Phi) is 4.34. The third-order valence-electron chi connectivity index (χ3n) is 1.13. The number of hydrogen-bond donors (Lipinski definition) is 1. The lowest BCUT2D eigenvalue weighted by Gasteiger charge is -2.13. The van der Waals surface area contributed by atoms with Gasteiger partial charge in [0.2, 0.25) is 5.44 Å².